The number of ether oxygens (including phenoxy) is 2. The number of allylic oxidation sites excluding steroid dienone is 1. The second-order valence-corrected chi connectivity index (χ2v) is 7.59. The van der Waals surface area contributed by atoms with Crippen LogP contribution in [0.25, 0.3) is 34.0 Å². The van der Waals surface area contributed by atoms with Gasteiger partial charge in [-0.25, -0.2) is 4.98 Å². The largest absolute Gasteiger partial charge is 0.493 e. The van der Waals surface area contributed by atoms with E-state index in [9.17, 15) is 5.26 Å². The summed E-state index contributed by atoms with van der Waals surface area (Å²) in [4.78, 5) is 4.70. The van der Waals surface area contributed by atoms with Gasteiger partial charge in [0, 0.05) is 16.5 Å². The van der Waals surface area contributed by atoms with Gasteiger partial charge in [0.2, 0.25) is 0 Å². The van der Waals surface area contributed by atoms with Crippen LogP contribution in [0.3, 0.4) is 0 Å². The molecular formula is C26H20N2O2S. The van der Waals surface area contributed by atoms with Crippen LogP contribution in [-0.4, -0.2) is 19.2 Å². The van der Waals surface area contributed by atoms with E-state index in [4.69, 9.17) is 14.5 Å². The number of hydrogen-bond donors (Lipinski definition) is 0. The first-order chi connectivity index (χ1) is 15.2. The average molecular weight is 425 g/mol. The maximum Gasteiger partial charge on any atom is 0.167 e. The highest BCUT2D eigenvalue weighted by Crippen LogP contribution is 2.34. The number of methoxy groups -OCH3 is 2. The molecular weight excluding hydrogens is 404 g/mol. The maximum absolute atomic E-state index is 9.75. The van der Waals surface area contributed by atoms with Crippen molar-refractivity contribution in [1.82, 2.24) is 4.98 Å². The number of benzene rings is 3. The van der Waals surface area contributed by atoms with Crippen LogP contribution in [0.2, 0.25) is 0 Å². The molecule has 1 heterocycles. The van der Waals surface area contributed by atoms with Crippen LogP contribution in [0.4, 0.5) is 0 Å². The van der Waals surface area contributed by atoms with Gasteiger partial charge in [-0.2, -0.15) is 5.26 Å². The van der Waals surface area contributed by atoms with Crippen molar-refractivity contribution in [2.45, 2.75) is 0 Å². The summed E-state index contributed by atoms with van der Waals surface area (Å²) < 4.78 is 10.8. The summed E-state index contributed by atoms with van der Waals surface area (Å²) in [6.07, 6.45) is 1.78. The quantitative estimate of drug-likeness (QED) is 0.329. The Morgan fingerprint density at radius 3 is 2.26 bits per heavy atom. The lowest BCUT2D eigenvalue weighted by Crippen LogP contribution is -1.93. The molecule has 0 fully saturated rings. The van der Waals surface area contributed by atoms with Gasteiger partial charge in [0.25, 0.3) is 0 Å². The lowest BCUT2D eigenvalue weighted by Gasteiger charge is -2.10. The molecule has 3 aromatic carbocycles. The molecule has 0 aliphatic rings. The maximum atomic E-state index is 9.75. The molecule has 4 aromatic rings. The molecule has 5 heteroatoms. The summed E-state index contributed by atoms with van der Waals surface area (Å²) in [7, 11) is 3.18. The highest BCUT2D eigenvalue weighted by molar-refractivity contribution is 7.11. The molecule has 0 radical (unpaired) electrons. The standard InChI is InChI=1S/C26H20N2O2S/c1-29-24-10-6-9-21(25(24)30-2)15-22(16-27)26-28-23(17-31-26)20-13-11-19(12-14-20)18-7-4-3-5-8-18/h3-15,17H,1-2H3/b22-15+. The smallest absolute Gasteiger partial charge is 0.167 e. The Labute approximate surface area is 185 Å². The first-order valence-corrected chi connectivity index (χ1v) is 10.6. The summed E-state index contributed by atoms with van der Waals surface area (Å²) >= 11 is 1.45. The van der Waals surface area contributed by atoms with E-state index in [0.29, 0.717) is 22.1 Å². The van der Waals surface area contributed by atoms with Crippen molar-refractivity contribution in [2.75, 3.05) is 14.2 Å². The number of hydrogen-bond acceptors (Lipinski definition) is 5. The summed E-state index contributed by atoms with van der Waals surface area (Å²) in [6.45, 7) is 0. The Balaban J connectivity index is 1.64. The second kappa shape index (κ2) is 9.29. The Kier molecular flexibility index (Phi) is 6.11. The van der Waals surface area contributed by atoms with Gasteiger partial charge in [0.15, 0.2) is 11.5 Å². The van der Waals surface area contributed by atoms with E-state index in [1.54, 1.807) is 20.3 Å². The topological polar surface area (TPSA) is 55.1 Å². The SMILES string of the molecule is COc1cccc(/C=C(\C#N)c2nc(-c3ccc(-c4ccccc4)cc3)cs2)c1OC. The molecule has 0 aliphatic heterocycles. The summed E-state index contributed by atoms with van der Waals surface area (Å²) in [5.41, 5.74) is 5.43. The predicted molar refractivity (Wildman–Crippen MR) is 126 cm³/mol. The van der Waals surface area contributed by atoms with Gasteiger partial charge in [-0.1, -0.05) is 66.7 Å². The molecule has 0 spiro atoms. The van der Waals surface area contributed by atoms with Gasteiger partial charge in [-0.3, -0.25) is 0 Å². The number of nitriles is 1. The van der Waals surface area contributed by atoms with Crippen LogP contribution >= 0.6 is 11.3 Å². The van der Waals surface area contributed by atoms with Crippen LogP contribution < -0.4 is 9.47 Å². The van der Waals surface area contributed by atoms with Crippen molar-refractivity contribution in [3.05, 3.63) is 88.7 Å². The molecule has 0 N–H and O–H groups in total. The molecule has 0 amide bonds. The monoisotopic (exact) mass is 424 g/mol. The normalized spacial score (nSPS) is 11.1. The molecule has 0 saturated heterocycles. The summed E-state index contributed by atoms with van der Waals surface area (Å²) in [5, 5.41) is 12.4. The van der Waals surface area contributed by atoms with E-state index in [2.05, 4.69) is 42.5 Å². The van der Waals surface area contributed by atoms with E-state index in [-0.39, 0.29) is 0 Å². The van der Waals surface area contributed by atoms with E-state index in [1.165, 1.54) is 16.9 Å². The first-order valence-electron chi connectivity index (χ1n) is 9.68. The lowest BCUT2D eigenvalue weighted by atomic mass is 10.0. The van der Waals surface area contributed by atoms with Gasteiger partial charge in [-0.15, -0.1) is 11.3 Å². The van der Waals surface area contributed by atoms with Crippen LogP contribution in [0.1, 0.15) is 10.6 Å². The highest BCUT2D eigenvalue weighted by atomic mass is 32.1. The van der Waals surface area contributed by atoms with Crippen LogP contribution in [-0.2, 0) is 0 Å². The molecule has 1 aromatic heterocycles. The minimum Gasteiger partial charge on any atom is -0.493 e. The zero-order valence-corrected chi connectivity index (χ0v) is 18.0. The molecule has 152 valence electrons. The van der Waals surface area contributed by atoms with E-state index >= 15 is 0 Å². The minimum atomic E-state index is 0.476. The number of nitrogens with zero attached hydrogens (tertiary/aromatic N) is 2. The molecule has 0 aliphatic carbocycles. The predicted octanol–water partition coefficient (Wildman–Crippen LogP) is 6.56. The van der Waals surface area contributed by atoms with Crippen LogP contribution in [0.15, 0.2) is 78.2 Å². The fourth-order valence-corrected chi connectivity index (χ4v) is 4.11. The Morgan fingerprint density at radius 1 is 0.871 bits per heavy atom. The molecule has 4 nitrogen and oxygen atoms in total. The van der Waals surface area contributed by atoms with Gasteiger partial charge >= 0.3 is 0 Å². The van der Waals surface area contributed by atoms with Crippen LogP contribution in [0, 0.1) is 11.3 Å². The molecule has 31 heavy (non-hydrogen) atoms. The fraction of sp³-hybridized carbons (Fsp3) is 0.0769. The van der Waals surface area contributed by atoms with Gasteiger partial charge in [0.05, 0.1) is 25.5 Å². The van der Waals surface area contributed by atoms with Crippen molar-refractivity contribution in [2.24, 2.45) is 0 Å². The van der Waals surface area contributed by atoms with E-state index < -0.39 is 0 Å². The van der Waals surface area contributed by atoms with Crippen molar-refractivity contribution < 1.29 is 9.47 Å². The number of rotatable bonds is 6. The number of para-hydroxylation sites is 1. The average Bonchev–Trinajstić information content (AvgIpc) is 3.33. The van der Waals surface area contributed by atoms with Gasteiger partial charge in [-0.05, 0) is 23.3 Å². The third-order valence-electron chi connectivity index (χ3n) is 4.88. The number of thiazole rings is 1. The zero-order chi connectivity index (χ0) is 21.6. The van der Waals surface area contributed by atoms with Crippen molar-refractivity contribution in [1.29, 1.82) is 5.26 Å². The second-order valence-electron chi connectivity index (χ2n) is 6.73. The highest BCUT2D eigenvalue weighted by Gasteiger charge is 2.13. The van der Waals surface area contributed by atoms with Crippen LogP contribution in [0.5, 0.6) is 11.5 Å². The summed E-state index contributed by atoms with van der Waals surface area (Å²) in [5.74, 6) is 1.21. The van der Waals surface area contributed by atoms with E-state index in [1.807, 2.05) is 41.8 Å². The van der Waals surface area contributed by atoms with Crippen molar-refractivity contribution in [3.63, 3.8) is 0 Å². The zero-order valence-electron chi connectivity index (χ0n) is 17.2. The minimum absolute atomic E-state index is 0.476. The molecule has 0 saturated carbocycles. The molecule has 0 unspecified atom stereocenters. The van der Waals surface area contributed by atoms with Gasteiger partial charge < -0.3 is 9.47 Å². The first kappa shape index (κ1) is 20.4. The van der Waals surface area contributed by atoms with Crippen molar-refractivity contribution >= 4 is 23.0 Å². The van der Waals surface area contributed by atoms with Crippen molar-refractivity contribution in [3.8, 4) is 40.0 Å². The lowest BCUT2D eigenvalue weighted by molar-refractivity contribution is 0.354. The Morgan fingerprint density at radius 2 is 1.58 bits per heavy atom. The fourth-order valence-electron chi connectivity index (χ4n) is 3.32. The third-order valence-corrected chi connectivity index (χ3v) is 5.75. The van der Waals surface area contributed by atoms with Gasteiger partial charge in [0.1, 0.15) is 11.1 Å². The molecule has 4 rings (SSSR count). The third kappa shape index (κ3) is 4.35. The number of aromatic nitrogens is 1. The van der Waals surface area contributed by atoms with E-state index in [0.717, 1.165) is 22.4 Å². The Bertz CT molecular complexity index is 1250. The molecule has 0 atom stereocenters. The Hall–Kier alpha value is -3.88. The summed E-state index contributed by atoms with van der Waals surface area (Å²) in [6, 6.07) is 26.4. The molecule has 0 bridgehead atoms.